The molecule has 0 aliphatic rings. The number of nitrogens with zero attached hydrogens (tertiary/aromatic N) is 3. The van der Waals surface area contributed by atoms with E-state index in [1.807, 2.05) is 65.4 Å². The molecule has 2 heterocycles. The van der Waals surface area contributed by atoms with Crippen LogP contribution in [0.4, 0.5) is 0 Å². The molecule has 0 spiro atoms. The van der Waals surface area contributed by atoms with Crippen molar-refractivity contribution in [2.75, 3.05) is 7.11 Å². The lowest BCUT2D eigenvalue weighted by molar-refractivity contribution is 0.415. The fraction of sp³-hybridized carbons (Fsp3) is 0.143. The van der Waals surface area contributed by atoms with Crippen molar-refractivity contribution in [3.63, 3.8) is 0 Å². The third-order valence-electron chi connectivity index (χ3n) is 4.84. The van der Waals surface area contributed by atoms with Gasteiger partial charge in [0.05, 0.1) is 23.7 Å². The van der Waals surface area contributed by atoms with Gasteiger partial charge >= 0.3 is 5.69 Å². The predicted molar refractivity (Wildman–Crippen MR) is 106 cm³/mol. The molecule has 0 N–H and O–H groups in total. The average molecular weight is 361 g/mol. The summed E-state index contributed by atoms with van der Waals surface area (Å²) < 4.78 is 9.83. The molecule has 4 aromatic rings. The third kappa shape index (κ3) is 2.57. The highest BCUT2D eigenvalue weighted by Gasteiger charge is 2.20. The van der Waals surface area contributed by atoms with E-state index in [4.69, 9.17) is 4.74 Å². The summed E-state index contributed by atoms with van der Waals surface area (Å²) in [6.07, 6.45) is 1.84. The highest BCUT2D eigenvalue weighted by molar-refractivity contribution is 5.94. The molecule has 0 unspecified atom stereocenters. The first-order valence-corrected chi connectivity index (χ1v) is 8.54. The summed E-state index contributed by atoms with van der Waals surface area (Å²) in [4.78, 5) is 25.3. The molecule has 0 saturated heterocycles. The number of rotatable bonds is 3. The number of hydrogen-bond acceptors (Lipinski definition) is 3. The SMILES string of the molecule is COc1ccc(-n2cc3c(c2-c2ccccc2)c(=O)n(C)c(=O)n3C)cc1. The number of ether oxygens (including phenoxy) is 1. The number of fused-ring (bicyclic) bond motifs is 1. The van der Waals surface area contributed by atoms with Crippen molar-refractivity contribution in [1.29, 1.82) is 0 Å². The highest BCUT2D eigenvalue weighted by Crippen LogP contribution is 2.31. The highest BCUT2D eigenvalue weighted by atomic mass is 16.5. The van der Waals surface area contributed by atoms with Crippen LogP contribution >= 0.6 is 0 Å². The molecule has 0 amide bonds. The van der Waals surface area contributed by atoms with Crippen LogP contribution in [0.3, 0.4) is 0 Å². The number of benzene rings is 2. The Bertz CT molecular complexity index is 1250. The third-order valence-corrected chi connectivity index (χ3v) is 4.84. The van der Waals surface area contributed by atoms with Crippen LogP contribution in [0.5, 0.6) is 5.75 Å². The summed E-state index contributed by atoms with van der Waals surface area (Å²) in [5, 5.41) is 0.515. The molecule has 0 bridgehead atoms. The van der Waals surface area contributed by atoms with Crippen molar-refractivity contribution in [2.24, 2.45) is 14.1 Å². The Morgan fingerprint density at radius 3 is 2.15 bits per heavy atom. The van der Waals surface area contributed by atoms with Gasteiger partial charge in [-0.1, -0.05) is 30.3 Å². The summed E-state index contributed by atoms with van der Waals surface area (Å²) in [7, 11) is 4.80. The number of aryl methyl sites for hydroxylation is 1. The van der Waals surface area contributed by atoms with Gasteiger partial charge in [-0.15, -0.1) is 0 Å². The van der Waals surface area contributed by atoms with Crippen LogP contribution in [0.2, 0.25) is 0 Å². The second-order valence-electron chi connectivity index (χ2n) is 6.38. The van der Waals surface area contributed by atoms with Gasteiger partial charge in [-0.2, -0.15) is 0 Å². The Hall–Kier alpha value is -3.54. The molecular weight excluding hydrogens is 342 g/mol. The van der Waals surface area contributed by atoms with Crippen LogP contribution in [0.25, 0.3) is 27.8 Å². The second kappa shape index (κ2) is 6.32. The van der Waals surface area contributed by atoms with Gasteiger partial charge in [-0.05, 0) is 29.8 Å². The molecule has 0 fully saturated rings. The van der Waals surface area contributed by atoms with E-state index in [0.29, 0.717) is 10.9 Å². The molecule has 4 rings (SSSR count). The molecule has 6 heteroatoms. The summed E-state index contributed by atoms with van der Waals surface area (Å²) in [6.45, 7) is 0. The zero-order chi connectivity index (χ0) is 19.1. The normalized spacial score (nSPS) is 11.1. The molecule has 27 heavy (non-hydrogen) atoms. The van der Waals surface area contributed by atoms with Crippen LogP contribution in [0.1, 0.15) is 0 Å². The Balaban J connectivity index is 2.15. The average Bonchev–Trinajstić information content (AvgIpc) is 3.12. The molecule has 0 radical (unpaired) electrons. The van der Waals surface area contributed by atoms with E-state index in [1.54, 1.807) is 14.2 Å². The van der Waals surface area contributed by atoms with E-state index < -0.39 is 0 Å². The zero-order valence-corrected chi connectivity index (χ0v) is 15.3. The Kier molecular flexibility index (Phi) is 3.96. The number of methoxy groups -OCH3 is 1. The lowest BCUT2D eigenvalue weighted by Crippen LogP contribution is -2.36. The monoisotopic (exact) mass is 361 g/mol. The molecule has 0 aliphatic heterocycles. The largest absolute Gasteiger partial charge is 0.497 e. The minimum Gasteiger partial charge on any atom is -0.497 e. The van der Waals surface area contributed by atoms with E-state index in [-0.39, 0.29) is 11.2 Å². The van der Waals surface area contributed by atoms with Gasteiger partial charge in [0.25, 0.3) is 5.56 Å². The fourth-order valence-corrected chi connectivity index (χ4v) is 3.37. The van der Waals surface area contributed by atoms with Crippen LogP contribution in [-0.2, 0) is 14.1 Å². The molecule has 136 valence electrons. The maximum absolute atomic E-state index is 13.0. The number of aromatic nitrogens is 3. The Morgan fingerprint density at radius 1 is 0.852 bits per heavy atom. The molecule has 2 aromatic carbocycles. The zero-order valence-electron chi connectivity index (χ0n) is 15.3. The van der Waals surface area contributed by atoms with Crippen LogP contribution in [-0.4, -0.2) is 20.8 Å². The molecule has 0 aliphatic carbocycles. The second-order valence-corrected chi connectivity index (χ2v) is 6.38. The van der Waals surface area contributed by atoms with Crippen molar-refractivity contribution in [3.8, 4) is 22.7 Å². The van der Waals surface area contributed by atoms with E-state index in [0.717, 1.165) is 27.3 Å². The summed E-state index contributed by atoms with van der Waals surface area (Å²) >= 11 is 0. The number of hydrogen-bond donors (Lipinski definition) is 0. The van der Waals surface area contributed by atoms with Gasteiger partial charge in [0.1, 0.15) is 5.75 Å². The van der Waals surface area contributed by atoms with Crippen LogP contribution < -0.4 is 16.0 Å². The lowest BCUT2D eigenvalue weighted by atomic mass is 10.1. The van der Waals surface area contributed by atoms with E-state index in [1.165, 1.54) is 11.6 Å². The molecule has 0 atom stereocenters. The van der Waals surface area contributed by atoms with Crippen molar-refractivity contribution < 1.29 is 4.74 Å². The van der Waals surface area contributed by atoms with Crippen molar-refractivity contribution in [1.82, 2.24) is 13.7 Å². The lowest BCUT2D eigenvalue weighted by Gasteiger charge is -2.10. The van der Waals surface area contributed by atoms with Gasteiger partial charge in [0.2, 0.25) is 0 Å². The van der Waals surface area contributed by atoms with Gasteiger partial charge in [-0.25, -0.2) is 4.79 Å². The van der Waals surface area contributed by atoms with E-state index in [9.17, 15) is 9.59 Å². The summed E-state index contributed by atoms with van der Waals surface area (Å²) in [6, 6.07) is 17.3. The minimum absolute atomic E-state index is 0.306. The summed E-state index contributed by atoms with van der Waals surface area (Å²) in [5.41, 5.74) is 2.47. The predicted octanol–water partition coefficient (Wildman–Crippen LogP) is 2.70. The van der Waals surface area contributed by atoms with Crippen molar-refractivity contribution in [2.45, 2.75) is 0 Å². The molecule has 6 nitrogen and oxygen atoms in total. The van der Waals surface area contributed by atoms with Crippen molar-refractivity contribution >= 4 is 10.9 Å². The van der Waals surface area contributed by atoms with E-state index in [2.05, 4.69) is 0 Å². The molecule has 0 saturated carbocycles. The first-order chi connectivity index (χ1) is 13.0. The first kappa shape index (κ1) is 16.9. The van der Waals surface area contributed by atoms with Crippen LogP contribution in [0, 0.1) is 0 Å². The van der Waals surface area contributed by atoms with Crippen LogP contribution in [0.15, 0.2) is 70.4 Å². The topological polar surface area (TPSA) is 58.2 Å². The Labute approximate surface area is 155 Å². The summed E-state index contributed by atoms with van der Waals surface area (Å²) in [5.74, 6) is 0.750. The minimum atomic E-state index is -0.348. The van der Waals surface area contributed by atoms with Gasteiger partial charge < -0.3 is 9.30 Å². The van der Waals surface area contributed by atoms with Gasteiger partial charge in [0, 0.05) is 26.0 Å². The molecule has 2 aromatic heterocycles. The fourth-order valence-electron chi connectivity index (χ4n) is 3.37. The maximum Gasteiger partial charge on any atom is 0.330 e. The maximum atomic E-state index is 13.0. The first-order valence-electron chi connectivity index (χ1n) is 8.54. The van der Waals surface area contributed by atoms with Gasteiger partial charge in [0.15, 0.2) is 0 Å². The standard InChI is InChI=1S/C21H19N3O3/c1-22-17-13-24(15-9-11-16(27-3)12-10-15)19(14-7-5-4-6-8-14)18(17)20(25)23(2)21(22)26/h4-13H,1-3H3. The van der Waals surface area contributed by atoms with E-state index >= 15 is 0 Å². The van der Waals surface area contributed by atoms with Gasteiger partial charge in [-0.3, -0.25) is 13.9 Å². The quantitative estimate of drug-likeness (QED) is 0.564. The molecular formula is C21H19N3O3. The Morgan fingerprint density at radius 2 is 1.52 bits per heavy atom. The smallest absolute Gasteiger partial charge is 0.330 e. The van der Waals surface area contributed by atoms with Crippen molar-refractivity contribution in [3.05, 3.63) is 81.6 Å².